The second kappa shape index (κ2) is 12.2. The fraction of sp³-hybridized carbons (Fsp3) is 0.591. The number of unbranched alkanes of at least 4 members (excludes halogenated alkanes) is 7. The second-order valence-electron chi connectivity index (χ2n) is 7.48. The Bertz CT molecular complexity index is 656. The number of benzene rings is 1. The van der Waals surface area contributed by atoms with Crippen molar-refractivity contribution < 1.29 is 14.4 Å². The maximum atomic E-state index is 12.3. The van der Waals surface area contributed by atoms with Crippen LogP contribution in [0.25, 0.3) is 0 Å². The number of amides is 3. The van der Waals surface area contributed by atoms with Crippen LogP contribution >= 0.6 is 0 Å². The van der Waals surface area contributed by atoms with Gasteiger partial charge in [-0.2, -0.15) is 0 Å². The third kappa shape index (κ3) is 8.11. The van der Waals surface area contributed by atoms with Crippen molar-refractivity contribution in [2.75, 3.05) is 11.9 Å². The molecule has 0 aliphatic heterocycles. The smallest absolute Gasteiger partial charge is 0.313 e. The van der Waals surface area contributed by atoms with Crippen molar-refractivity contribution in [1.29, 1.82) is 0 Å². The number of anilines is 1. The lowest BCUT2D eigenvalue weighted by Gasteiger charge is -2.11. The van der Waals surface area contributed by atoms with E-state index < -0.39 is 11.8 Å². The van der Waals surface area contributed by atoms with E-state index >= 15 is 0 Å². The molecule has 1 aliphatic rings. The lowest BCUT2D eigenvalue weighted by Crippen LogP contribution is -2.36. The molecular weight excluding hydrogens is 354 g/mol. The molecule has 0 radical (unpaired) electrons. The lowest BCUT2D eigenvalue weighted by molar-refractivity contribution is -0.136. The van der Waals surface area contributed by atoms with Crippen LogP contribution in [0, 0.1) is 0 Å². The van der Waals surface area contributed by atoms with E-state index in [2.05, 4.69) is 22.9 Å². The Morgan fingerprint density at radius 2 is 1.54 bits per heavy atom. The predicted molar refractivity (Wildman–Crippen MR) is 111 cm³/mol. The third-order valence-electron chi connectivity index (χ3n) is 4.85. The van der Waals surface area contributed by atoms with Crippen molar-refractivity contribution >= 4 is 23.4 Å². The van der Waals surface area contributed by atoms with Crippen LogP contribution in [0.2, 0.25) is 0 Å². The monoisotopic (exact) mass is 387 g/mol. The summed E-state index contributed by atoms with van der Waals surface area (Å²) in [5.41, 5.74) is 0.728. The summed E-state index contributed by atoms with van der Waals surface area (Å²) >= 11 is 0. The normalized spacial score (nSPS) is 13.0. The van der Waals surface area contributed by atoms with Gasteiger partial charge in [0, 0.05) is 12.6 Å². The molecule has 154 valence electrons. The van der Waals surface area contributed by atoms with E-state index in [1.165, 1.54) is 32.1 Å². The highest BCUT2D eigenvalue weighted by atomic mass is 16.2. The highest BCUT2D eigenvalue weighted by Gasteiger charge is 2.25. The summed E-state index contributed by atoms with van der Waals surface area (Å²) in [6.45, 7) is 2.70. The minimum atomic E-state index is -0.744. The molecule has 0 aromatic heterocycles. The van der Waals surface area contributed by atoms with Crippen LogP contribution in [-0.4, -0.2) is 30.3 Å². The summed E-state index contributed by atoms with van der Waals surface area (Å²) in [6, 6.07) is 6.96. The fourth-order valence-electron chi connectivity index (χ4n) is 3.00. The first-order chi connectivity index (χ1) is 13.6. The second-order valence-corrected chi connectivity index (χ2v) is 7.48. The molecule has 1 aromatic carbocycles. The molecule has 1 aromatic rings. The van der Waals surface area contributed by atoms with Gasteiger partial charge in [0.15, 0.2) is 0 Å². The molecule has 6 heteroatoms. The molecule has 0 bridgehead atoms. The van der Waals surface area contributed by atoms with Crippen LogP contribution in [0.5, 0.6) is 0 Å². The Labute approximate surface area is 167 Å². The first-order valence-electron chi connectivity index (χ1n) is 10.6. The van der Waals surface area contributed by atoms with Crippen molar-refractivity contribution in [2.24, 2.45) is 0 Å². The molecule has 3 amide bonds. The van der Waals surface area contributed by atoms with E-state index in [-0.39, 0.29) is 11.9 Å². The van der Waals surface area contributed by atoms with Crippen LogP contribution in [0.15, 0.2) is 24.3 Å². The number of hydrogen-bond acceptors (Lipinski definition) is 3. The third-order valence-corrected chi connectivity index (χ3v) is 4.85. The van der Waals surface area contributed by atoms with Crippen LogP contribution < -0.4 is 16.0 Å². The number of carbonyl (C=O) groups excluding carboxylic acids is 3. The van der Waals surface area contributed by atoms with E-state index in [4.69, 9.17) is 0 Å². The van der Waals surface area contributed by atoms with Gasteiger partial charge in [0.05, 0.1) is 11.3 Å². The van der Waals surface area contributed by atoms with Gasteiger partial charge in [-0.05, 0) is 31.4 Å². The molecule has 2 rings (SSSR count). The zero-order valence-electron chi connectivity index (χ0n) is 16.9. The Balaban J connectivity index is 1.67. The van der Waals surface area contributed by atoms with Gasteiger partial charge in [-0.25, -0.2) is 0 Å². The molecule has 0 heterocycles. The van der Waals surface area contributed by atoms with Crippen molar-refractivity contribution in [1.82, 2.24) is 10.6 Å². The Morgan fingerprint density at radius 1 is 0.893 bits per heavy atom. The summed E-state index contributed by atoms with van der Waals surface area (Å²) in [6.07, 6.45) is 11.4. The minimum Gasteiger partial charge on any atom is -0.349 e. The standard InChI is InChI=1S/C22H33N3O3/c1-2-3-4-5-6-7-8-11-16-23-21(27)22(28)25-19-13-10-9-12-18(19)20(26)24-17-14-15-17/h9-10,12-13,17H,2-8,11,14-16H2,1H3,(H,23,27)(H,24,26)(H,25,28). The summed E-state index contributed by atoms with van der Waals surface area (Å²) in [4.78, 5) is 36.4. The Kier molecular flexibility index (Phi) is 9.52. The van der Waals surface area contributed by atoms with Crippen molar-refractivity contribution in [2.45, 2.75) is 77.2 Å². The largest absolute Gasteiger partial charge is 0.349 e. The SMILES string of the molecule is CCCCCCCCCCNC(=O)C(=O)Nc1ccccc1C(=O)NC1CC1. The van der Waals surface area contributed by atoms with Gasteiger partial charge in [0.1, 0.15) is 0 Å². The van der Waals surface area contributed by atoms with E-state index in [0.29, 0.717) is 17.8 Å². The van der Waals surface area contributed by atoms with Gasteiger partial charge < -0.3 is 16.0 Å². The van der Waals surface area contributed by atoms with Crippen molar-refractivity contribution in [3.05, 3.63) is 29.8 Å². The number of nitrogens with one attached hydrogen (secondary N) is 3. The van der Waals surface area contributed by atoms with E-state index in [0.717, 1.165) is 32.1 Å². The van der Waals surface area contributed by atoms with Gasteiger partial charge in [-0.3, -0.25) is 14.4 Å². The molecule has 0 saturated heterocycles. The molecule has 1 aliphatic carbocycles. The molecular formula is C22H33N3O3. The Hall–Kier alpha value is -2.37. The molecule has 0 atom stereocenters. The Morgan fingerprint density at radius 3 is 2.21 bits per heavy atom. The molecule has 3 N–H and O–H groups in total. The van der Waals surface area contributed by atoms with Gasteiger partial charge in [0.2, 0.25) is 0 Å². The molecule has 0 spiro atoms. The molecule has 0 unspecified atom stereocenters. The highest BCUT2D eigenvalue weighted by Crippen LogP contribution is 2.21. The fourth-order valence-corrected chi connectivity index (χ4v) is 3.00. The summed E-state index contributed by atoms with van der Waals surface area (Å²) in [7, 11) is 0. The summed E-state index contributed by atoms with van der Waals surface area (Å²) in [5.74, 6) is -1.63. The first-order valence-corrected chi connectivity index (χ1v) is 10.6. The number of hydrogen-bond donors (Lipinski definition) is 3. The average Bonchev–Trinajstić information content (AvgIpc) is 3.50. The van der Waals surface area contributed by atoms with E-state index in [1.54, 1.807) is 24.3 Å². The minimum absolute atomic E-state index is 0.224. The maximum Gasteiger partial charge on any atom is 0.313 e. The van der Waals surface area contributed by atoms with Crippen LogP contribution in [0.1, 0.15) is 81.5 Å². The van der Waals surface area contributed by atoms with Crippen LogP contribution in [0.3, 0.4) is 0 Å². The molecule has 1 saturated carbocycles. The molecule has 6 nitrogen and oxygen atoms in total. The molecule has 28 heavy (non-hydrogen) atoms. The summed E-state index contributed by atoms with van der Waals surface area (Å²) < 4.78 is 0. The number of para-hydroxylation sites is 1. The van der Waals surface area contributed by atoms with Crippen molar-refractivity contribution in [3.8, 4) is 0 Å². The number of carbonyl (C=O) groups is 3. The zero-order valence-corrected chi connectivity index (χ0v) is 16.9. The number of rotatable bonds is 12. The van der Waals surface area contributed by atoms with Crippen LogP contribution in [0.4, 0.5) is 5.69 Å². The average molecular weight is 388 g/mol. The van der Waals surface area contributed by atoms with E-state index in [9.17, 15) is 14.4 Å². The van der Waals surface area contributed by atoms with Gasteiger partial charge >= 0.3 is 11.8 Å². The first kappa shape index (κ1) is 21.9. The van der Waals surface area contributed by atoms with Crippen molar-refractivity contribution in [3.63, 3.8) is 0 Å². The summed E-state index contributed by atoms with van der Waals surface area (Å²) in [5, 5.41) is 8.10. The van der Waals surface area contributed by atoms with Gasteiger partial charge in [-0.1, -0.05) is 64.0 Å². The zero-order chi connectivity index (χ0) is 20.2. The van der Waals surface area contributed by atoms with Gasteiger partial charge in [-0.15, -0.1) is 0 Å². The quantitative estimate of drug-likeness (QED) is 0.377. The van der Waals surface area contributed by atoms with Crippen LogP contribution in [-0.2, 0) is 9.59 Å². The maximum absolute atomic E-state index is 12.3. The molecule has 1 fully saturated rings. The van der Waals surface area contributed by atoms with E-state index in [1.807, 2.05) is 0 Å². The van der Waals surface area contributed by atoms with Gasteiger partial charge in [0.25, 0.3) is 5.91 Å². The predicted octanol–water partition coefficient (Wildman–Crippen LogP) is 3.77. The topological polar surface area (TPSA) is 87.3 Å². The lowest BCUT2D eigenvalue weighted by atomic mass is 10.1. The highest BCUT2D eigenvalue weighted by molar-refractivity contribution is 6.40.